The van der Waals surface area contributed by atoms with Gasteiger partial charge in [-0.1, -0.05) is 0 Å². The summed E-state index contributed by atoms with van der Waals surface area (Å²) in [5.41, 5.74) is 1.79. The molecule has 4 heterocycles. The van der Waals surface area contributed by atoms with E-state index in [0.717, 1.165) is 47.9 Å². The average molecular weight is 535 g/mol. The lowest BCUT2D eigenvalue weighted by molar-refractivity contribution is -0.192. The van der Waals surface area contributed by atoms with E-state index in [1.165, 1.54) is 11.3 Å². The summed E-state index contributed by atoms with van der Waals surface area (Å²) >= 11 is 4.96. The first kappa shape index (κ1) is 23.9. The number of aliphatic carboxylic acids is 1. The van der Waals surface area contributed by atoms with Crippen LogP contribution in [0.3, 0.4) is 0 Å². The third kappa shape index (κ3) is 5.95. The van der Waals surface area contributed by atoms with Crippen molar-refractivity contribution < 1.29 is 27.9 Å². The van der Waals surface area contributed by atoms with Gasteiger partial charge in [0.1, 0.15) is 11.4 Å². The van der Waals surface area contributed by atoms with Gasteiger partial charge in [0, 0.05) is 25.8 Å². The molecule has 0 radical (unpaired) electrons. The van der Waals surface area contributed by atoms with Crippen molar-refractivity contribution in [1.29, 1.82) is 0 Å². The lowest BCUT2D eigenvalue weighted by Gasteiger charge is -2.20. The summed E-state index contributed by atoms with van der Waals surface area (Å²) in [6.07, 6.45) is -0.593. The number of fused-ring (bicyclic) bond motifs is 1. The molecule has 1 fully saturated rings. The Morgan fingerprint density at radius 1 is 1.25 bits per heavy atom. The van der Waals surface area contributed by atoms with Gasteiger partial charge in [0.05, 0.1) is 15.7 Å². The molecule has 1 aliphatic rings. The van der Waals surface area contributed by atoms with Crippen molar-refractivity contribution in [3.8, 4) is 0 Å². The van der Waals surface area contributed by atoms with Crippen LogP contribution < -0.4 is 15.5 Å². The van der Waals surface area contributed by atoms with E-state index >= 15 is 0 Å². The fourth-order valence-electron chi connectivity index (χ4n) is 2.84. The minimum Gasteiger partial charge on any atom is -0.475 e. The number of aromatic nitrogens is 3. The Balaban J connectivity index is 0.000000360. The van der Waals surface area contributed by atoms with Crippen LogP contribution in [0.4, 0.5) is 24.7 Å². The highest BCUT2D eigenvalue weighted by atomic mass is 79.9. The van der Waals surface area contributed by atoms with Crippen molar-refractivity contribution in [2.45, 2.75) is 12.6 Å². The number of hydrogen-bond donors (Lipinski definition) is 3. The molecule has 3 N–H and O–H groups in total. The summed E-state index contributed by atoms with van der Waals surface area (Å²) in [4.78, 5) is 28.5. The first-order valence-corrected chi connectivity index (χ1v) is 11.0. The molecule has 1 saturated heterocycles. The van der Waals surface area contributed by atoms with E-state index in [2.05, 4.69) is 36.6 Å². The molecule has 1 amide bonds. The first-order valence-electron chi connectivity index (χ1n) is 9.31. The van der Waals surface area contributed by atoms with Crippen molar-refractivity contribution in [1.82, 2.24) is 19.9 Å². The van der Waals surface area contributed by atoms with Gasteiger partial charge in [-0.3, -0.25) is 4.79 Å². The fraction of sp³-hybridized carbons (Fsp3) is 0.333. The number of carboxylic acid groups (broad SMARTS) is 1. The van der Waals surface area contributed by atoms with Gasteiger partial charge in [0.25, 0.3) is 5.91 Å². The maximum Gasteiger partial charge on any atom is 0.490 e. The van der Waals surface area contributed by atoms with Gasteiger partial charge in [-0.05, 0) is 46.4 Å². The maximum absolute atomic E-state index is 12.6. The number of halogens is 4. The topological polar surface area (TPSA) is 112 Å². The highest BCUT2D eigenvalue weighted by Gasteiger charge is 2.38. The van der Waals surface area contributed by atoms with Crippen LogP contribution >= 0.6 is 27.3 Å². The van der Waals surface area contributed by atoms with Crippen LogP contribution in [-0.4, -0.2) is 63.9 Å². The second kappa shape index (κ2) is 10.3. The van der Waals surface area contributed by atoms with Gasteiger partial charge >= 0.3 is 12.1 Å². The third-order valence-electron chi connectivity index (χ3n) is 4.37. The molecule has 3 aromatic rings. The fourth-order valence-corrected chi connectivity index (χ4v) is 3.97. The number of nitrogens with one attached hydrogen (secondary N) is 2. The van der Waals surface area contributed by atoms with Gasteiger partial charge in [-0.15, -0.1) is 11.3 Å². The molecule has 32 heavy (non-hydrogen) atoms. The third-order valence-corrected chi connectivity index (χ3v) is 6.06. The molecule has 14 heteroatoms. The summed E-state index contributed by atoms with van der Waals surface area (Å²) in [6, 6.07) is 3.81. The SMILES string of the molecule is O=C(Nc1ccsc1Br)c1cnn2ccc(N3CCCNCC3)nc12.O=C(O)C(F)(F)F. The van der Waals surface area contributed by atoms with Crippen LogP contribution in [0, 0.1) is 0 Å². The van der Waals surface area contributed by atoms with E-state index in [9.17, 15) is 18.0 Å². The molecule has 4 rings (SSSR count). The Morgan fingerprint density at radius 2 is 2.00 bits per heavy atom. The number of nitrogens with zero attached hydrogens (tertiary/aromatic N) is 4. The molecule has 0 aliphatic carbocycles. The van der Waals surface area contributed by atoms with Gasteiger partial charge in [0.15, 0.2) is 5.65 Å². The van der Waals surface area contributed by atoms with E-state index in [1.54, 1.807) is 10.7 Å². The molecule has 0 bridgehead atoms. The molecule has 172 valence electrons. The molecule has 1 aliphatic heterocycles. The van der Waals surface area contributed by atoms with Gasteiger partial charge in [-0.2, -0.15) is 18.3 Å². The Hall–Kier alpha value is -2.71. The number of rotatable bonds is 3. The van der Waals surface area contributed by atoms with Crippen LogP contribution in [0.2, 0.25) is 0 Å². The van der Waals surface area contributed by atoms with Crippen molar-refractivity contribution in [2.75, 3.05) is 36.4 Å². The Bertz CT molecular complexity index is 1100. The maximum atomic E-state index is 12.6. The number of carbonyl (C=O) groups excluding carboxylic acids is 1. The average Bonchev–Trinajstić information content (AvgIpc) is 3.23. The number of alkyl halides is 3. The van der Waals surface area contributed by atoms with Crippen molar-refractivity contribution in [2.24, 2.45) is 0 Å². The Labute approximate surface area is 192 Å². The first-order chi connectivity index (χ1) is 15.2. The molecule has 3 aromatic heterocycles. The molecule has 0 saturated carbocycles. The summed E-state index contributed by atoms with van der Waals surface area (Å²) in [7, 11) is 0. The highest BCUT2D eigenvalue weighted by Crippen LogP contribution is 2.29. The minimum atomic E-state index is -5.08. The predicted octanol–water partition coefficient (Wildman–Crippen LogP) is 3.24. The number of carbonyl (C=O) groups is 2. The number of thiophene rings is 1. The minimum absolute atomic E-state index is 0.212. The van der Waals surface area contributed by atoms with Crippen molar-refractivity contribution >= 4 is 56.3 Å². The van der Waals surface area contributed by atoms with Crippen molar-refractivity contribution in [3.05, 3.63) is 39.3 Å². The Morgan fingerprint density at radius 3 is 2.66 bits per heavy atom. The predicted molar refractivity (Wildman–Crippen MR) is 116 cm³/mol. The van der Waals surface area contributed by atoms with Crippen molar-refractivity contribution in [3.63, 3.8) is 0 Å². The van der Waals surface area contributed by atoms with E-state index in [4.69, 9.17) is 14.9 Å². The van der Waals surface area contributed by atoms with Crippen LogP contribution in [0.15, 0.2) is 33.7 Å². The monoisotopic (exact) mass is 534 g/mol. The van der Waals surface area contributed by atoms with E-state index in [0.29, 0.717) is 11.2 Å². The normalized spacial score (nSPS) is 14.4. The molecule has 0 spiro atoms. The summed E-state index contributed by atoms with van der Waals surface area (Å²) in [6.45, 7) is 3.81. The second-order valence-electron chi connectivity index (χ2n) is 6.57. The standard InChI is InChI=1S/C16H17BrN6OS.C2HF3O2/c17-14-12(3-9-25-14)20-16(24)11-10-19-23-7-2-13(21-15(11)23)22-6-1-4-18-5-8-22;3-2(4,5)1(6)7/h2-3,7,9-10,18H,1,4-6,8H2,(H,20,24);(H,6,7). The lowest BCUT2D eigenvalue weighted by atomic mass is 10.3. The van der Waals surface area contributed by atoms with Crippen LogP contribution in [0.1, 0.15) is 16.8 Å². The summed E-state index contributed by atoms with van der Waals surface area (Å²) < 4.78 is 34.3. The van der Waals surface area contributed by atoms with Gasteiger partial charge in [0.2, 0.25) is 0 Å². The van der Waals surface area contributed by atoms with Crippen LogP contribution in [-0.2, 0) is 4.79 Å². The van der Waals surface area contributed by atoms with E-state index in [1.807, 2.05) is 23.7 Å². The molecule has 0 unspecified atom stereocenters. The Kier molecular flexibility index (Phi) is 7.69. The number of carboxylic acids is 1. The lowest BCUT2D eigenvalue weighted by Crippen LogP contribution is -2.28. The van der Waals surface area contributed by atoms with E-state index < -0.39 is 12.1 Å². The molecule has 9 nitrogen and oxygen atoms in total. The zero-order valence-electron chi connectivity index (χ0n) is 16.4. The smallest absolute Gasteiger partial charge is 0.475 e. The summed E-state index contributed by atoms with van der Waals surface area (Å²) in [5.74, 6) is -2.09. The number of hydrogen-bond acceptors (Lipinski definition) is 7. The number of amides is 1. The zero-order valence-corrected chi connectivity index (χ0v) is 18.8. The largest absolute Gasteiger partial charge is 0.490 e. The molecule has 0 atom stereocenters. The second-order valence-corrected chi connectivity index (χ2v) is 8.80. The number of anilines is 2. The molecular formula is C18H18BrF3N6O3S. The molecule has 0 aromatic carbocycles. The van der Waals surface area contributed by atoms with E-state index in [-0.39, 0.29) is 5.91 Å². The zero-order chi connectivity index (χ0) is 23.3. The van der Waals surface area contributed by atoms with Gasteiger partial charge < -0.3 is 20.6 Å². The van der Waals surface area contributed by atoms with Gasteiger partial charge in [-0.25, -0.2) is 14.3 Å². The van der Waals surface area contributed by atoms with Crippen LogP contribution in [0.5, 0.6) is 0 Å². The van der Waals surface area contributed by atoms with Crippen LogP contribution in [0.25, 0.3) is 5.65 Å². The summed E-state index contributed by atoms with van der Waals surface area (Å²) in [5, 5.41) is 19.6. The quantitative estimate of drug-likeness (QED) is 0.472. The highest BCUT2D eigenvalue weighted by molar-refractivity contribution is 9.11. The molecular weight excluding hydrogens is 517 g/mol.